The number of amides is 1. The molecule has 2 aromatic heterocycles. The van der Waals surface area contributed by atoms with Crippen LogP contribution in [0, 0.1) is 18.8 Å². The third-order valence-electron chi connectivity index (χ3n) is 6.28. The van der Waals surface area contributed by atoms with E-state index in [2.05, 4.69) is 25.2 Å². The molecule has 2 aromatic rings. The number of piperidine rings is 1. The Morgan fingerprint density at radius 3 is 2.66 bits per heavy atom. The van der Waals surface area contributed by atoms with Crippen molar-refractivity contribution in [3.05, 3.63) is 53.9 Å². The second-order valence-electron chi connectivity index (χ2n) is 8.50. The molecule has 154 valence electrons. The standard InChI is InChI=1S/C23H31N5O/c1-17-25-13-18(14-26-17)15-28-12-6-9-20(16-28)22(21-10-4-5-11-24-21)27-23(29)19-7-2-3-8-19/h4-5,10-11,13-14,19-20,22H,2-3,6-9,12,15-16H2,1H3,(H,27,29)/t20-,22-/m0/s1. The van der Waals surface area contributed by atoms with Crippen LogP contribution in [0.3, 0.4) is 0 Å². The van der Waals surface area contributed by atoms with Gasteiger partial charge in [-0.15, -0.1) is 0 Å². The number of carbonyl (C=O) groups excluding carboxylic acids is 1. The van der Waals surface area contributed by atoms with E-state index in [4.69, 9.17) is 0 Å². The van der Waals surface area contributed by atoms with E-state index in [9.17, 15) is 4.79 Å². The van der Waals surface area contributed by atoms with E-state index in [1.54, 1.807) is 0 Å². The van der Waals surface area contributed by atoms with Crippen molar-refractivity contribution in [2.24, 2.45) is 11.8 Å². The summed E-state index contributed by atoms with van der Waals surface area (Å²) in [5, 5.41) is 3.38. The summed E-state index contributed by atoms with van der Waals surface area (Å²) in [7, 11) is 0. The molecule has 29 heavy (non-hydrogen) atoms. The topological polar surface area (TPSA) is 71.0 Å². The number of rotatable bonds is 6. The third-order valence-corrected chi connectivity index (χ3v) is 6.28. The Bertz CT molecular complexity index is 789. The van der Waals surface area contributed by atoms with Crippen LogP contribution in [0.2, 0.25) is 0 Å². The van der Waals surface area contributed by atoms with Crippen LogP contribution in [0.4, 0.5) is 0 Å². The molecule has 1 aliphatic carbocycles. The summed E-state index contributed by atoms with van der Waals surface area (Å²) in [6, 6.07) is 5.97. The monoisotopic (exact) mass is 393 g/mol. The Morgan fingerprint density at radius 1 is 1.14 bits per heavy atom. The molecule has 3 heterocycles. The Kier molecular flexibility index (Phi) is 6.49. The highest BCUT2D eigenvalue weighted by molar-refractivity contribution is 5.79. The predicted molar refractivity (Wildman–Crippen MR) is 112 cm³/mol. The fraction of sp³-hybridized carbons (Fsp3) is 0.565. The van der Waals surface area contributed by atoms with Crippen LogP contribution >= 0.6 is 0 Å². The Balaban J connectivity index is 1.47. The molecule has 0 spiro atoms. The molecule has 0 aromatic carbocycles. The van der Waals surface area contributed by atoms with Crippen molar-refractivity contribution in [1.29, 1.82) is 0 Å². The predicted octanol–water partition coefficient (Wildman–Crippen LogP) is 3.44. The Morgan fingerprint density at radius 2 is 1.93 bits per heavy atom. The number of likely N-dealkylation sites (tertiary alicyclic amines) is 1. The number of aromatic nitrogens is 3. The molecular weight excluding hydrogens is 362 g/mol. The highest BCUT2D eigenvalue weighted by Crippen LogP contribution is 2.31. The number of carbonyl (C=O) groups is 1. The van der Waals surface area contributed by atoms with E-state index in [1.807, 2.05) is 43.7 Å². The SMILES string of the molecule is Cc1ncc(CN2CCC[C@H]([C@H](NC(=O)C3CCCC3)c3ccccn3)C2)cn1. The summed E-state index contributed by atoms with van der Waals surface area (Å²) in [5.74, 6) is 1.54. The van der Waals surface area contributed by atoms with E-state index in [0.29, 0.717) is 5.92 Å². The van der Waals surface area contributed by atoms with E-state index >= 15 is 0 Å². The van der Waals surface area contributed by atoms with Gasteiger partial charge in [0.1, 0.15) is 5.82 Å². The normalized spacial score (nSPS) is 21.8. The van der Waals surface area contributed by atoms with Crippen molar-refractivity contribution in [1.82, 2.24) is 25.2 Å². The maximum absolute atomic E-state index is 12.9. The third kappa shape index (κ3) is 5.18. The number of hydrogen-bond acceptors (Lipinski definition) is 5. The van der Waals surface area contributed by atoms with Gasteiger partial charge in [0.2, 0.25) is 5.91 Å². The van der Waals surface area contributed by atoms with Crippen molar-refractivity contribution < 1.29 is 4.79 Å². The molecule has 0 radical (unpaired) electrons. The maximum Gasteiger partial charge on any atom is 0.223 e. The number of aryl methyl sites for hydroxylation is 1. The van der Waals surface area contributed by atoms with Crippen LogP contribution in [-0.4, -0.2) is 38.8 Å². The zero-order valence-corrected chi connectivity index (χ0v) is 17.3. The molecule has 6 heteroatoms. The maximum atomic E-state index is 12.9. The van der Waals surface area contributed by atoms with Gasteiger partial charge < -0.3 is 5.32 Å². The molecule has 1 N–H and O–H groups in total. The lowest BCUT2D eigenvalue weighted by atomic mass is 9.87. The van der Waals surface area contributed by atoms with E-state index in [1.165, 1.54) is 12.8 Å². The van der Waals surface area contributed by atoms with Gasteiger partial charge in [-0.3, -0.25) is 14.7 Å². The van der Waals surface area contributed by atoms with E-state index in [-0.39, 0.29) is 17.9 Å². The Hall–Kier alpha value is -2.34. The van der Waals surface area contributed by atoms with Gasteiger partial charge in [-0.1, -0.05) is 18.9 Å². The van der Waals surface area contributed by atoms with Gasteiger partial charge in [0.25, 0.3) is 0 Å². The molecule has 0 bridgehead atoms. The minimum absolute atomic E-state index is 0.0265. The first-order valence-corrected chi connectivity index (χ1v) is 10.9. The van der Waals surface area contributed by atoms with Crippen molar-refractivity contribution in [3.8, 4) is 0 Å². The number of hydrogen-bond donors (Lipinski definition) is 1. The summed E-state index contributed by atoms with van der Waals surface area (Å²) < 4.78 is 0. The second-order valence-corrected chi connectivity index (χ2v) is 8.50. The summed E-state index contributed by atoms with van der Waals surface area (Å²) in [6.45, 7) is 4.77. The van der Waals surface area contributed by atoms with Gasteiger partial charge in [0, 0.05) is 43.2 Å². The average Bonchev–Trinajstić information content (AvgIpc) is 3.29. The van der Waals surface area contributed by atoms with E-state index in [0.717, 1.165) is 62.4 Å². The van der Waals surface area contributed by atoms with Gasteiger partial charge in [-0.2, -0.15) is 0 Å². The minimum atomic E-state index is -0.0265. The van der Waals surface area contributed by atoms with Gasteiger partial charge in [-0.05, 0) is 57.2 Å². The molecule has 1 saturated carbocycles. The lowest BCUT2D eigenvalue weighted by Gasteiger charge is -2.37. The van der Waals surface area contributed by atoms with Crippen molar-refractivity contribution in [2.45, 2.75) is 58.0 Å². The number of nitrogens with one attached hydrogen (secondary N) is 1. The summed E-state index contributed by atoms with van der Waals surface area (Å²) in [6.07, 6.45) is 12.3. The Labute approximate surface area is 173 Å². The highest BCUT2D eigenvalue weighted by Gasteiger charge is 2.32. The van der Waals surface area contributed by atoms with Crippen molar-refractivity contribution in [3.63, 3.8) is 0 Å². The molecule has 6 nitrogen and oxygen atoms in total. The quantitative estimate of drug-likeness (QED) is 0.814. The van der Waals surface area contributed by atoms with Crippen LogP contribution in [0.5, 0.6) is 0 Å². The lowest BCUT2D eigenvalue weighted by Crippen LogP contribution is -2.44. The minimum Gasteiger partial charge on any atom is -0.347 e. The fourth-order valence-electron chi connectivity index (χ4n) is 4.72. The second kappa shape index (κ2) is 9.44. The molecule has 1 aliphatic heterocycles. The zero-order valence-electron chi connectivity index (χ0n) is 17.3. The van der Waals surface area contributed by atoms with E-state index < -0.39 is 0 Å². The highest BCUT2D eigenvalue weighted by atomic mass is 16.2. The lowest BCUT2D eigenvalue weighted by molar-refractivity contribution is -0.126. The smallest absolute Gasteiger partial charge is 0.223 e. The van der Waals surface area contributed by atoms with Crippen LogP contribution in [0.25, 0.3) is 0 Å². The summed E-state index contributed by atoms with van der Waals surface area (Å²) in [4.78, 5) is 28.6. The molecule has 2 fully saturated rings. The molecule has 1 saturated heterocycles. The van der Waals surface area contributed by atoms with Gasteiger partial charge in [0.15, 0.2) is 0 Å². The molecule has 4 rings (SSSR count). The zero-order chi connectivity index (χ0) is 20.1. The number of nitrogens with zero attached hydrogens (tertiary/aromatic N) is 4. The largest absolute Gasteiger partial charge is 0.347 e. The summed E-state index contributed by atoms with van der Waals surface area (Å²) >= 11 is 0. The summed E-state index contributed by atoms with van der Waals surface area (Å²) in [5.41, 5.74) is 2.12. The molecule has 0 unspecified atom stereocenters. The fourth-order valence-corrected chi connectivity index (χ4v) is 4.72. The molecule has 2 aliphatic rings. The number of pyridine rings is 1. The van der Waals surface area contributed by atoms with Crippen LogP contribution in [-0.2, 0) is 11.3 Å². The van der Waals surface area contributed by atoms with Gasteiger partial charge in [-0.25, -0.2) is 9.97 Å². The molecular formula is C23H31N5O. The average molecular weight is 394 g/mol. The van der Waals surface area contributed by atoms with Crippen LogP contribution < -0.4 is 5.32 Å². The first-order valence-electron chi connectivity index (χ1n) is 10.9. The van der Waals surface area contributed by atoms with Crippen molar-refractivity contribution >= 4 is 5.91 Å². The van der Waals surface area contributed by atoms with Crippen LogP contribution in [0.15, 0.2) is 36.8 Å². The first-order chi connectivity index (χ1) is 14.2. The first kappa shape index (κ1) is 20.0. The molecule has 1 amide bonds. The van der Waals surface area contributed by atoms with Gasteiger partial charge in [0.05, 0.1) is 11.7 Å². The van der Waals surface area contributed by atoms with Gasteiger partial charge >= 0.3 is 0 Å². The van der Waals surface area contributed by atoms with Crippen molar-refractivity contribution in [2.75, 3.05) is 13.1 Å². The van der Waals surface area contributed by atoms with Crippen LogP contribution in [0.1, 0.15) is 61.6 Å². The molecule has 2 atom stereocenters.